The number of hydrogen-bond donors (Lipinski definition) is 1. The monoisotopic (exact) mass is 378 g/mol. The van der Waals surface area contributed by atoms with E-state index in [1.54, 1.807) is 29.5 Å². The molecule has 4 aromatic rings. The minimum Gasteiger partial charge on any atom is -0.322 e. The molecule has 4 rings (SSSR count). The topological polar surface area (TPSA) is 89.5 Å². The van der Waals surface area contributed by atoms with Crippen molar-refractivity contribution in [2.24, 2.45) is 0 Å². The highest BCUT2D eigenvalue weighted by molar-refractivity contribution is 7.15. The first-order valence-electron chi connectivity index (χ1n) is 8.11. The maximum absolute atomic E-state index is 12.5. The highest BCUT2D eigenvalue weighted by Gasteiger charge is 2.19. The van der Waals surface area contributed by atoms with Gasteiger partial charge in [0.1, 0.15) is 5.56 Å². The summed E-state index contributed by atoms with van der Waals surface area (Å²) in [5.41, 5.74) is 3.10. The lowest BCUT2D eigenvalue weighted by Crippen LogP contribution is -2.13. The number of anilines is 1. The van der Waals surface area contributed by atoms with Crippen molar-refractivity contribution in [2.45, 2.75) is 6.92 Å². The Kier molecular flexibility index (Phi) is 4.17. The number of hydrogen-bond acceptors (Lipinski definition) is 5. The van der Waals surface area contributed by atoms with Crippen molar-refractivity contribution >= 4 is 33.6 Å². The van der Waals surface area contributed by atoms with E-state index in [-0.39, 0.29) is 11.3 Å². The molecule has 0 radical (unpaired) electrons. The predicted molar refractivity (Wildman–Crippen MR) is 104 cm³/mol. The van der Waals surface area contributed by atoms with Crippen LogP contribution in [0.15, 0.2) is 60.1 Å². The summed E-state index contributed by atoms with van der Waals surface area (Å²) in [4.78, 5) is 28.6. The number of nitro groups is 1. The Bertz CT molecular complexity index is 1180. The number of amides is 1. The Labute approximate surface area is 158 Å². The second-order valence-electron chi connectivity index (χ2n) is 5.96. The average molecular weight is 378 g/mol. The number of carbonyl (C=O) groups is 1. The summed E-state index contributed by atoms with van der Waals surface area (Å²) >= 11 is 1.56. The summed E-state index contributed by atoms with van der Waals surface area (Å²) in [5, 5.41) is 15.9. The van der Waals surface area contributed by atoms with Crippen molar-refractivity contribution < 1.29 is 9.72 Å². The Hall–Kier alpha value is -3.52. The number of aromatic nitrogens is 2. The van der Waals surface area contributed by atoms with Crippen molar-refractivity contribution in [1.29, 1.82) is 0 Å². The number of thiazole rings is 1. The maximum Gasteiger partial charge on any atom is 0.282 e. The average Bonchev–Trinajstić information content (AvgIpc) is 3.24. The second-order valence-corrected chi connectivity index (χ2v) is 6.80. The first-order valence-corrected chi connectivity index (χ1v) is 8.99. The lowest BCUT2D eigenvalue weighted by Gasteiger charge is -2.07. The number of carbonyl (C=O) groups excluding carboxylic acids is 1. The van der Waals surface area contributed by atoms with Crippen LogP contribution in [0.2, 0.25) is 0 Å². The molecule has 0 saturated heterocycles. The molecule has 0 unspecified atom stereocenters. The number of fused-ring (bicyclic) bond motifs is 1. The largest absolute Gasteiger partial charge is 0.322 e. The normalized spacial score (nSPS) is 10.9. The van der Waals surface area contributed by atoms with Crippen molar-refractivity contribution in [1.82, 2.24) is 9.38 Å². The molecule has 2 aromatic carbocycles. The third kappa shape index (κ3) is 3.18. The second kappa shape index (κ2) is 6.65. The van der Waals surface area contributed by atoms with Crippen LogP contribution in [0, 0.1) is 17.0 Å². The molecular formula is C19H14N4O3S. The van der Waals surface area contributed by atoms with Crippen LogP contribution in [0.5, 0.6) is 0 Å². The van der Waals surface area contributed by atoms with Gasteiger partial charge in [-0.15, -0.1) is 11.3 Å². The van der Waals surface area contributed by atoms with Crippen molar-refractivity contribution in [3.05, 3.63) is 81.5 Å². The highest BCUT2D eigenvalue weighted by Crippen LogP contribution is 2.26. The standard InChI is InChI=1S/C19H14N4O3S/c1-12-11-27-19-21-16(10-22(12)19)13-5-4-6-14(9-13)20-18(24)15-7-2-3-8-17(15)23(25)26/h2-11H,1H3,(H,20,24). The van der Waals surface area contributed by atoms with E-state index >= 15 is 0 Å². The molecule has 0 atom stereocenters. The van der Waals surface area contributed by atoms with Crippen LogP contribution >= 0.6 is 11.3 Å². The lowest BCUT2D eigenvalue weighted by molar-refractivity contribution is -0.385. The van der Waals surface area contributed by atoms with Gasteiger partial charge in [-0.2, -0.15) is 0 Å². The van der Waals surface area contributed by atoms with Crippen LogP contribution in [0.25, 0.3) is 16.2 Å². The summed E-state index contributed by atoms with van der Waals surface area (Å²) in [6, 6.07) is 13.1. The van der Waals surface area contributed by atoms with Gasteiger partial charge in [-0.1, -0.05) is 24.3 Å². The fourth-order valence-electron chi connectivity index (χ4n) is 2.81. The molecule has 7 nitrogen and oxygen atoms in total. The molecule has 0 spiro atoms. The van der Waals surface area contributed by atoms with Crippen LogP contribution in [0.3, 0.4) is 0 Å². The number of nitro benzene ring substituents is 1. The molecule has 1 N–H and O–H groups in total. The fraction of sp³-hybridized carbons (Fsp3) is 0.0526. The summed E-state index contributed by atoms with van der Waals surface area (Å²) < 4.78 is 2.01. The number of benzene rings is 2. The van der Waals surface area contributed by atoms with Crippen molar-refractivity contribution in [2.75, 3.05) is 5.32 Å². The summed E-state index contributed by atoms with van der Waals surface area (Å²) in [6.45, 7) is 2.01. The van der Waals surface area contributed by atoms with E-state index in [1.807, 2.05) is 35.0 Å². The van der Waals surface area contributed by atoms with Gasteiger partial charge in [-0.25, -0.2) is 4.98 Å². The molecular weight excluding hydrogens is 364 g/mol. The van der Waals surface area contributed by atoms with Gasteiger partial charge in [0.2, 0.25) is 0 Å². The highest BCUT2D eigenvalue weighted by atomic mass is 32.1. The molecule has 0 aliphatic carbocycles. The van der Waals surface area contributed by atoms with E-state index < -0.39 is 10.8 Å². The summed E-state index contributed by atoms with van der Waals surface area (Å²) in [5.74, 6) is -0.527. The first kappa shape index (κ1) is 16.9. The van der Waals surface area contributed by atoms with Gasteiger partial charge < -0.3 is 5.32 Å². The summed E-state index contributed by atoms with van der Waals surface area (Å²) in [6.07, 6.45) is 1.95. The minimum atomic E-state index is -0.564. The zero-order chi connectivity index (χ0) is 19.0. The SMILES string of the molecule is Cc1csc2nc(-c3cccc(NC(=O)c4ccccc4[N+](=O)[O-])c3)cn12. The van der Waals surface area contributed by atoms with E-state index in [4.69, 9.17) is 0 Å². The number of rotatable bonds is 4. The molecule has 2 heterocycles. The number of nitrogens with zero attached hydrogens (tertiary/aromatic N) is 3. The molecule has 134 valence electrons. The Morgan fingerprint density at radius 1 is 1.22 bits per heavy atom. The van der Waals surface area contributed by atoms with E-state index in [0.29, 0.717) is 5.69 Å². The number of aryl methyl sites for hydroxylation is 1. The van der Waals surface area contributed by atoms with Gasteiger partial charge in [0.25, 0.3) is 11.6 Å². The molecule has 2 aromatic heterocycles. The van der Waals surface area contributed by atoms with Gasteiger partial charge in [-0.3, -0.25) is 19.3 Å². The Morgan fingerprint density at radius 2 is 2.04 bits per heavy atom. The molecule has 0 bridgehead atoms. The Morgan fingerprint density at radius 3 is 2.81 bits per heavy atom. The number of para-hydroxylation sites is 1. The molecule has 0 fully saturated rings. The van der Waals surface area contributed by atoms with Gasteiger partial charge in [0, 0.05) is 34.6 Å². The number of nitrogens with one attached hydrogen (secondary N) is 1. The van der Waals surface area contributed by atoms with Gasteiger partial charge >= 0.3 is 0 Å². The quantitative estimate of drug-likeness (QED) is 0.417. The van der Waals surface area contributed by atoms with Crippen LogP contribution in [0.1, 0.15) is 16.1 Å². The van der Waals surface area contributed by atoms with Crippen LogP contribution < -0.4 is 5.32 Å². The number of imidazole rings is 1. The molecule has 0 saturated carbocycles. The summed E-state index contributed by atoms with van der Waals surface area (Å²) in [7, 11) is 0. The van der Waals surface area contributed by atoms with Crippen molar-refractivity contribution in [3.63, 3.8) is 0 Å². The van der Waals surface area contributed by atoms with Gasteiger partial charge in [-0.05, 0) is 25.1 Å². The van der Waals surface area contributed by atoms with Gasteiger partial charge in [0.05, 0.1) is 10.6 Å². The van der Waals surface area contributed by atoms with E-state index in [1.165, 1.54) is 18.2 Å². The minimum absolute atomic E-state index is 0.0195. The maximum atomic E-state index is 12.5. The molecule has 8 heteroatoms. The molecule has 0 aliphatic rings. The van der Waals surface area contributed by atoms with Gasteiger partial charge in [0.15, 0.2) is 4.96 Å². The first-order chi connectivity index (χ1) is 13.0. The van der Waals surface area contributed by atoms with E-state index in [0.717, 1.165) is 21.9 Å². The Balaban J connectivity index is 1.63. The van der Waals surface area contributed by atoms with Crippen LogP contribution in [-0.4, -0.2) is 20.2 Å². The molecule has 0 aliphatic heterocycles. The fourth-order valence-corrected chi connectivity index (χ4v) is 3.66. The zero-order valence-electron chi connectivity index (χ0n) is 14.2. The van der Waals surface area contributed by atoms with Crippen molar-refractivity contribution in [3.8, 4) is 11.3 Å². The zero-order valence-corrected chi connectivity index (χ0v) is 15.1. The predicted octanol–water partition coefficient (Wildman–Crippen LogP) is 4.53. The molecule has 27 heavy (non-hydrogen) atoms. The van der Waals surface area contributed by atoms with Crippen LogP contribution in [-0.2, 0) is 0 Å². The molecule has 1 amide bonds. The van der Waals surface area contributed by atoms with E-state index in [9.17, 15) is 14.9 Å². The lowest BCUT2D eigenvalue weighted by atomic mass is 10.1. The van der Waals surface area contributed by atoms with E-state index in [2.05, 4.69) is 10.3 Å². The van der Waals surface area contributed by atoms with Crippen LogP contribution in [0.4, 0.5) is 11.4 Å². The third-order valence-corrected chi connectivity index (χ3v) is 5.11. The third-order valence-electron chi connectivity index (χ3n) is 4.15. The smallest absolute Gasteiger partial charge is 0.282 e.